The number of benzene rings is 3. The molecule has 0 unspecified atom stereocenters. The Hall–Kier alpha value is -4.00. The summed E-state index contributed by atoms with van der Waals surface area (Å²) in [6.07, 6.45) is 0. The van der Waals surface area contributed by atoms with Gasteiger partial charge in [-0.3, -0.25) is 19.7 Å². The topological polar surface area (TPSA) is 101 Å². The number of amides is 2. The van der Waals surface area contributed by atoms with Crippen LogP contribution in [0.1, 0.15) is 20.7 Å². The number of rotatable bonds is 5. The second kappa shape index (κ2) is 7.92. The Balaban J connectivity index is 1.77. The Kier molecular flexibility index (Phi) is 5.22. The lowest BCUT2D eigenvalue weighted by atomic mass is 10.1. The fourth-order valence-corrected chi connectivity index (χ4v) is 2.49. The monoisotopic (exact) mass is 361 g/mol. The van der Waals surface area contributed by atoms with Gasteiger partial charge >= 0.3 is 0 Å². The maximum atomic E-state index is 12.4. The van der Waals surface area contributed by atoms with Crippen LogP contribution in [0.15, 0.2) is 78.9 Å². The van der Waals surface area contributed by atoms with Crippen LogP contribution in [0.4, 0.5) is 17.1 Å². The summed E-state index contributed by atoms with van der Waals surface area (Å²) in [7, 11) is 0. The molecule has 0 radical (unpaired) electrons. The van der Waals surface area contributed by atoms with Crippen molar-refractivity contribution in [2.24, 2.45) is 0 Å². The number of para-hydroxylation sites is 2. The van der Waals surface area contributed by atoms with Crippen LogP contribution < -0.4 is 10.6 Å². The van der Waals surface area contributed by atoms with Crippen molar-refractivity contribution in [3.63, 3.8) is 0 Å². The normalized spacial score (nSPS) is 10.1. The van der Waals surface area contributed by atoms with Crippen molar-refractivity contribution < 1.29 is 14.5 Å². The third kappa shape index (κ3) is 4.35. The third-order valence-corrected chi connectivity index (χ3v) is 3.76. The molecule has 2 N–H and O–H groups in total. The van der Waals surface area contributed by atoms with Crippen LogP contribution in [0, 0.1) is 10.1 Å². The van der Waals surface area contributed by atoms with E-state index in [9.17, 15) is 19.7 Å². The lowest BCUT2D eigenvalue weighted by Crippen LogP contribution is -2.15. The SMILES string of the molecule is O=C(Nc1ccccc1)c1cccc(NC(=O)c2ccccc2[N+](=O)[O-])c1. The highest BCUT2D eigenvalue weighted by atomic mass is 16.6. The van der Waals surface area contributed by atoms with Crippen molar-refractivity contribution in [2.75, 3.05) is 10.6 Å². The number of hydrogen-bond donors (Lipinski definition) is 2. The van der Waals surface area contributed by atoms with E-state index in [0.717, 1.165) is 0 Å². The van der Waals surface area contributed by atoms with Gasteiger partial charge in [-0.25, -0.2) is 0 Å². The number of nitro benzene ring substituents is 1. The maximum absolute atomic E-state index is 12.4. The average molecular weight is 361 g/mol. The molecule has 0 heterocycles. The maximum Gasteiger partial charge on any atom is 0.282 e. The van der Waals surface area contributed by atoms with Gasteiger partial charge in [0.05, 0.1) is 4.92 Å². The number of nitrogens with zero attached hydrogens (tertiary/aromatic N) is 1. The predicted octanol–water partition coefficient (Wildman–Crippen LogP) is 4.10. The summed E-state index contributed by atoms with van der Waals surface area (Å²) in [5.41, 5.74) is 1.02. The van der Waals surface area contributed by atoms with E-state index in [1.54, 1.807) is 48.5 Å². The smallest absolute Gasteiger partial charge is 0.282 e. The molecule has 0 aliphatic carbocycles. The zero-order chi connectivity index (χ0) is 19.2. The Labute approximate surface area is 154 Å². The highest BCUT2D eigenvalue weighted by molar-refractivity contribution is 6.08. The number of nitro groups is 1. The summed E-state index contributed by atoms with van der Waals surface area (Å²) in [5.74, 6) is -0.953. The van der Waals surface area contributed by atoms with Gasteiger partial charge in [-0.1, -0.05) is 36.4 Å². The van der Waals surface area contributed by atoms with Gasteiger partial charge in [0.1, 0.15) is 5.56 Å². The molecule has 0 aromatic heterocycles. The second-order valence-electron chi connectivity index (χ2n) is 5.63. The molecule has 0 atom stereocenters. The van der Waals surface area contributed by atoms with Crippen LogP contribution in [0.5, 0.6) is 0 Å². The van der Waals surface area contributed by atoms with Crippen LogP contribution >= 0.6 is 0 Å². The molecule has 0 spiro atoms. The molecule has 0 bridgehead atoms. The van der Waals surface area contributed by atoms with E-state index in [1.807, 2.05) is 6.07 Å². The summed E-state index contributed by atoms with van der Waals surface area (Å²) in [6.45, 7) is 0. The Morgan fingerprint density at radius 1 is 0.741 bits per heavy atom. The van der Waals surface area contributed by atoms with Gasteiger partial charge in [-0.2, -0.15) is 0 Å². The van der Waals surface area contributed by atoms with E-state index < -0.39 is 10.8 Å². The Morgan fingerprint density at radius 2 is 1.37 bits per heavy atom. The third-order valence-electron chi connectivity index (χ3n) is 3.76. The average Bonchev–Trinajstić information content (AvgIpc) is 2.69. The molecule has 0 saturated heterocycles. The van der Waals surface area contributed by atoms with Gasteiger partial charge in [0, 0.05) is 23.0 Å². The van der Waals surface area contributed by atoms with Crippen molar-refractivity contribution in [2.45, 2.75) is 0 Å². The summed E-state index contributed by atoms with van der Waals surface area (Å²) in [5, 5.41) is 16.4. The van der Waals surface area contributed by atoms with Gasteiger partial charge in [-0.15, -0.1) is 0 Å². The molecule has 2 amide bonds. The molecule has 3 aromatic carbocycles. The molecule has 3 rings (SSSR count). The molecule has 0 aliphatic rings. The molecule has 0 fully saturated rings. The van der Waals surface area contributed by atoms with Crippen molar-refractivity contribution in [1.29, 1.82) is 0 Å². The van der Waals surface area contributed by atoms with Crippen LogP contribution in [-0.4, -0.2) is 16.7 Å². The van der Waals surface area contributed by atoms with Gasteiger partial charge in [-0.05, 0) is 36.4 Å². The summed E-state index contributed by atoms with van der Waals surface area (Å²) in [6, 6.07) is 21.0. The van der Waals surface area contributed by atoms with Crippen LogP contribution in [-0.2, 0) is 0 Å². The first-order chi connectivity index (χ1) is 13.0. The van der Waals surface area contributed by atoms with E-state index >= 15 is 0 Å². The molecule has 3 aromatic rings. The highest BCUT2D eigenvalue weighted by Gasteiger charge is 2.19. The zero-order valence-electron chi connectivity index (χ0n) is 14.1. The van der Waals surface area contributed by atoms with Crippen molar-refractivity contribution in [3.8, 4) is 0 Å². The standard InChI is InChI=1S/C20H15N3O4/c24-19(21-15-8-2-1-3-9-15)14-7-6-10-16(13-14)22-20(25)17-11-4-5-12-18(17)23(26)27/h1-13H,(H,21,24)(H,22,25). The van der Waals surface area contributed by atoms with E-state index in [1.165, 1.54) is 24.3 Å². The lowest BCUT2D eigenvalue weighted by molar-refractivity contribution is -0.385. The summed E-state index contributed by atoms with van der Waals surface area (Å²) < 4.78 is 0. The number of nitrogens with one attached hydrogen (secondary N) is 2. The molecular formula is C20H15N3O4. The van der Waals surface area contributed by atoms with Gasteiger partial charge < -0.3 is 10.6 Å². The van der Waals surface area contributed by atoms with Crippen molar-refractivity contribution in [3.05, 3.63) is 100 Å². The van der Waals surface area contributed by atoms with E-state index in [-0.39, 0.29) is 17.2 Å². The number of carbonyl (C=O) groups is 2. The van der Waals surface area contributed by atoms with Gasteiger partial charge in [0.25, 0.3) is 17.5 Å². The lowest BCUT2D eigenvalue weighted by Gasteiger charge is -2.09. The van der Waals surface area contributed by atoms with Gasteiger partial charge in [0.15, 0.2) is 0 Å². The van der Waals surface area contributed by atoms with E-state index in [2.05, 4.69) is 10.6 Å². The number of anilines is 2. The molecule has 0 saturated carbocycles. The fourth-order valence-electron chi connectivity index (χ4n) is 2.49. The largest absolute Gasteiger partial charge is 0.322 e. The summed E-state index contributed by atoms with van der Waals surface area (Å²) >= 11 is 0. The molecule has 7 heteroatoms. The summed E-state index contributed by atoms with van der Waals surface area (Å²) in [4.78, 5) is 35.2. The van der Waals surface area contributed by atoms with Gasteiger partial charge in [0.2, 0.25) is 0 Å². The predicted molar refractivity (Wildman–Crippen MR) is 102 cm³/mol. The minimum Gasteiger partial charge on any atom is -0.322 e. The molecular weight excluding hydrogens is 346 g/mol. The first kappa shape index (κ1) is 17.8. The zero-order valence-corrected chi connectivity index (χ0v) is 14.1. The number of carbonyl (C=O) groups excluding carboxylic acids is 2. The van der Waals surface area contributed by atoms with Crippen molar-refractivity contribution in [1.82, 2.24) is 0 Å². The molecule has 27 heavy (non-hydrogen) atoms. The van der Waals surface area contributed by atoms with Crippen LogP contribution in [0.25, 0.3) is 0 Å². The van der Waals surface area contributed by atoms with E-state index in [0.29, 0.717) is 16.9 Å². The van der Waals surface area contributed by atoms with Crippen LogP contribution in [0.3, 0.4) is 0 Å². The van der Waals surface area contributed by atoms with Crippen molar-refractivity contribution >= 4 is 28.9 Å². The Morgan fingerprint density at radius 3 is 2.11 bits per heavy atom. The first-order valence-corrected chi connectivity index (χ1v) is 8.06. The van der Waals surface area contributed by atoms with Crippen LogP contribution in [0.2, 0.25) is 0 Å². The fraction of sp³-hybridized carbons (Fsp3) is 0. The Bertz CT molecular complexity index is 1000. The first-order valence-electron chi connectivity index (χ1n) is 8.06. The minimum absolute atomic E-state index is 0.0540. The quantitative estimate of drug-likeness (QED) is 0.527. The second-order valence-corrected chi connectivity index (χ2v) is 5.63. The number of hydrogen-bond acceptors (Lipinski definition) is 4. The molecule has 7 nitrogen and oxygen atoms in total. The van der Waals surface area contributed by atoms with E-state index in [4.69, 9.17) is 0 Å². The molecule has 0 aliphatic heterocycles. The minimum atomic E-state index is -0.622. The molecule has 134 valence electrons. The highest BCUT2D eigenvalue weighted by Crippen LogP contribution is 2.20.